The summed E-state index contributed by atoms with van der Waals surface area (Å²) in [6.45, 7) is 6.78. The van der Waals surface area contributed by atoms with Crippen molar-refractivity contribution >= 4 is 12.0 Å². The van der Waals surface area contributed by atoms with Crippen molar-refractivity contribution in [1.29, 1.82) is 0 Å². The molecule has 98 valence electrons. The predicted molar refractivity (Wildman–Crippen MR) is 63.9 cm³/mol. The van der Waals surface area contributed by atoms with Gasteiger partial charge in [-0.3, -0.25) is 9.69 Å². The first-order valence-corrected chi connectivity index (χ1v) is 6.06. The SMILES string of the molecule is CCCNC(=O)N1CCN(C(C)C(=O)O)CC1. The summed E-state index contributed by atoms with van der Waals surface area (Å²) in [6.07, 6.45) is 0.918. The third kappa shape index (κ3) is 3.89. The molecule has 1 atom stereocenters. The minimum atomic E-state index is -0.811. The lowest BCUT2D eigenvalue weighted by molar-refractivity contribution is -0.143. The number of carbonyl (C=O) groups excluding carboxylic acids is 1. The molecule has 0 aromatic carbocycles. The van der Waals surface area contributed by atoms with Gasteiger partial charge in [-0.2, -0.15) is 0 Å². The second-order valence-electron chi connectivity index (χ2n) is 4.27. The van der Waals surface area contributed by atoms with E-state index in [1.165, 1.54) is 0 Å². The Kier molecular flexibility index (Phi) is 5.21. The molecule has 6 nitrogen and oxygen atoms in total. The summed E-state index contributed by atoms with van der Waals surface area (Å²) in [7, 11) is 0. The molecule has 0 aliphatic carbocycles. The highest BCUT2D eigenvalue weighted by Gasteiger charge is 2.26. The molecular weight excluding hydrogens is 222 g/mol. The first-order valence-electron chi connectivity index (χ1n) is 6.06. The molecule has 1 rings (SSSR count). The monoisotopic (exact) mass is 243 g/mol. The molecule has 1 saturated heterocycles. The van der Waals surface area contributed by atoms with Gasteiger partial charge in [0.2, 0.25) is 0 Å². The van der Waals surface area contributed by atoms with Gasteiger partial charge in [-0.15, -0.1) is 0 Å². The Morgan fingerprint density at radius 1 is 1.29 bits per heavy atom. The highest BCUT2D eigenvalue weighted by Crippen LogP contribution is 2.06. The quantitative estimate of drug-likeness (QED) is 0.739. The number of aliphatic carboxylic acids is 1. The van der Waals surface area contributed by atoms with Crippen LogP contribution >= 0.6 is 0 Å². The predicted octanol–water partition coefficient (Wildman–Crippen LogP) is 0.197. The van der Waals surface area contributed by atoms with Crippen molar-refractivity contribution in [3.63, 3.8) is 0 Å². The second-order valence-corrected chi connectivity index (χ2v) is 4.27. The molecule has 2 N–H and O–H groups in total. The summed E-state index contributed by atoms with van der Waals surface area (Å²) >= 11 is 0. The van der Waals surface area contributed by atoms with E-state index in [-0.39, 0.29) is 6.03 Å². The lowest BCUT2D eigenvalue weighted by Crippen LogP contribution is -2.55. The second kappa shape index (κ2) is 6.44. The molecule has 1 fully saturated rings. The molecule has 0 aromatic heterocycles. The summed E-state index contributed by atoms with van der Waals surface area (Å²) in [5.74, 6) is -0.811. The molecule has 0 saturated carbocycles. The molecule has 1 aliphatic heterocycles. The fourth-order valence-electron chi connectivity index (χ4n) is 1.81. The van der Waals surface area contributed by atoms with Crippen molar-refractivity contribution in [2.24, 2.45) is 0 Å². The van der Waals surface area contributed by atoms with Gasteiger partial charge in [-0.05, 0) is 13.3 Å². The number of nitrogens with one attached hydrogen (secondary N) is 1. The average Bonchev–Trinajstić information content (AvgIpc) is 2.35. The van der Waals surface area contributed by atoms with Crippen LogP contribution in [0.2, 0.25) is 0 Å². The molecule has 1 heterocycles. The van der Waals surface area contributed by atoms with E-state index in [4.69, 9.17) is 5.11 Å². The Labute approximate surface area is 102 Å². The summed E-state index contributed by atoms with van der Waals surface area (Å²) < 4.78 is 0. The van der Waals surface area contributed by atoms with Gasteiger partial charge < -0.3 is 15.3 Å². The van der Waals surface area contributed by atoms with Gasteiger partial charge >= 0.3 is 12.0 Å². The van der Waals surface area contributed by atoms with Gasteiger partial charge in [0.15, 0.2) is 0 Å². The van der Waals surface area contributed by atoms with Crippen molar-refractivity contribution in [3.8, 4) is 0 Å². The molecule has 0 bridgehead atoms. The number of carboxylic acid groups (broad SMARTS) is 1. The molecule has 1 unspecified atom stereocenters. The highest BCUT2D eigenvalue weighted by atomic mass is 16.4. The first kappa shape index (κ1) is 13.8. The van der Waals surface area contributed by atoms with Crippen LogP contribution in [0.15, 0.2) is 0 Å². The van der Waals surface area contributed by atoms with Crippen molar-refractivity contribution in [2.45, 2.75) is 26.3 Å². The van der Waals surface area contributed by atoms with Gasteiger partial charge in [0.05, 0.1) is 0 Å². The van der Waals surface area contributed by atoms with E-state index in [2.05, 4.69) is 5.32 Å². The van der Waals surface area contributed by atoms with Gasteiger partial charge in [-0.25, -0.2) is 4.79 Å². The summed E-state index contributed by atoms with van der Waals surface area (Å²) in [6, 6.07) is -0.523. The van der Waals surface area contributed by atoms with Gasteiger partial charge in [-0.1, -0.05) is 6.92 Å². The van der Waals surface area contributed by atoms with Crippen LogP contribution in [0, 0.1) is 0 Å². The van der Waals surface area contributed by atoms with E-state index in [0.717, 1.165) is 6.42 Å². The van der Waals surface area contributed by atoms with E-state index < -0.39 is 12.0 Å². The number of urea groups is 1. The number of hydrogen-bond donors (Lipinski definition) is 2. The topological polar surface area (TPSA) is 72.9 Å². The number of carboxylic acids is 1. The van der Waals surface area contributed by atoms with Crippen molar-refractivity contribution < 1.29 is 14.7 Å². The Bertz CT molecular complexity index is 275. The standard InChI is InChI=1S/C11H21N3O3/c1-3-4-12-11(17)14-7-5-13(6-8-14)9(2)10(15)16/h9H,3-8H2,1-2H3,(H,12,17)(H,15,16). The maximum Gasteiger partial charge on any atom is 0.320 e. The lowest BCUT2D eigenvalue weighted by atomic mass is 10.2. The molecule has 0 aromatic rings. The molecule has 2 amide bonds. The average molecular weight is 243 g/mol. The van der Waals surface area contributed by atoms with Gasteiger partial charge in [0.25, 0.3) is 0 Å². The summed E-state index contributed by atoms with van der Waals surface area (Å²) in [5, 5.41) is 11.7. The maximum absolute atomic E-state index is 11.6. The van der Waals surface area contributed by atoms with Crippen molar-refractivity contribution in [1.82, 2.24) is 15.1 Å². The van der Waals surface area contributed by atoms with Crippen LogP contribution in [0.5, 0.6) is 0 Å². The third-order valence-corrected chi connectivity index (χ3v) is 3.03. The summed E-state index contributed by atoms with van der Waals surface area (Å²) in [4.78, 5) is 26.1. The zero-order valence-corrected chi connectivity index (χ0v) is 10.5. The number of nitrogens with zero attached hydrogens (tertiary/aromatic N) is 2. The molecule has 1 aliphatic rings. The molecule has 0 spiro atoms. The van der Waals surface area contributed by atoms with E-state index in [1.807, 2.05) is 11.8 Å². The van der Waals surface area contributed by atoms with Crippen LogP contribution in [-0.2, 0) is 4.79 Å². The number of piperazine rings is 1. The third-order valence-electron chi connectivity index (χ3n) is 3.03. The van der Waals surface area contributed by atoms with Gasteiger partial charge in [0, 0.05) is 32.7 Å². The van der Waals surface area contributed by atoms with E-state index in [1.54, 1.807) is 11.8 Å². The minimum Gasteiger partial charge on any atom is -0.480 e. The Hall–Kier alpha value is -1.30. The zero-order valence-electron chi connectivity index (χ0n) is 10.5. The first-order chi connectivity index (χ1) is 8.06. The van der Waals surface area contributed by atoms with E-state index in [9.17, 15) is 9.59 Å². The number of hydrogen-bond acceptors (Lipinski definition) is 3. The Morgan fingerprint density at radius 2 is 1.88 bits per heavy atom. The summed E-state index contributed by atoms with van der Waals surface area (Å²) in [5.41, 5.74) is 0. The van der Waals surface area contributed by atoms with Crippen LogP contribution in [0.4, 0.5) is 4.79 Å². The minimum absolute atomic E-state index is 0.0468. The van der Waals surface area contributed by atoms with Crippen molar-refractivity contribution in [3.05, 3.63) is 0 Å². The molecule has 17 heavy (non-hydrogen) atoms. The Balaban J connectivity index is 2.35. The fourth-order valence-corrected chi connectivity index (χ4v) is 1.81. The molecule has 0 radical (unpaired) electrons. The fraction of sp³-hybridized carbons (Fsp3) is 0.818. The number of rotatable bonds is 4. The van der Waals surface area contributed by atoms with Gasteiger partial charge in [0.1, 0.15) is 6.04 Å². The van der Waals surface area contributed by atoms with E-state index >= 15 is 0 Å². The van der Waals surface area contributed by atoms with Crippen molar-refractivity contribution in [2.75, 3.05) is 32.7 Å². The largest absolute Gasteiger partial charge is 0.480 e. The van der Waals surface area contributed by atoms with Crippen LogP contribution in [0.1, 0.15) is 20.3 Å². The number of amides is 2. The van der Waals surface area contributed by atoms with Crippen LogP contribution in [0.3, 0.4) is 0 Å². The smallest absolute Gasteiger partial charge is 0.320 e. The maximum atomic E-state index is 11.6. The van der Waals surface area contributed by atoms with Crippen LogP contribution < -0.4 is 5.32 Å². The Morgan fingerprint density at radius 3 is 2.35 bits per heavy atom. The molecule has 6 heteroatoms. The molecular formula is C11H21N3O3. The van der Waals surface area contributed by atoms with Crippen LogP contribution in [-0.4, -0.2) is 65.7 Å². The highest BCUT2D eigenvalue weighted by molar-refractivity contribution is 5.74. The number of carbonyl (C=O) groups is 2. The normalized spacial score (nSPS) is 18.8. The zero-order chi connectivity index (χ0) is 12.8. The van der Waals surface area contributed by atoms with E-state index in [0.29, 0.717) is 32.7 Å². The van der Waals surface area contributed by atoms with Crippen LogP contribution in [0.25, 0.3) is 0 Å². The lowest BCUT2D eigenvalue weighted by Gasteiger charge is -2.36.